The van der Waals surface area contributed by atoms with Gasteiger partial charge in [0.1, 0.15) is 0 Å². The van der Waals surface area contributed by atoms with E-state index >= 15 is 0 Å². The molecule has 0 aliphatic rings. The molecule has 0 aromatic rings. The number of nitrogens with one attached hydrogen (secondary N) is 1. The van der Waals surface area contributed by atoms with Gasteiger partial charge >= 0.3 is 0 Å². The zero-order chi connectivity index (χ0) is 12.6. The molecule has 0 rings (SSSR count). The van der Waals surface area contributed by atoms with Gasteiger partial charge in [-0.05, 0) is 39.3 Å². The van der Waals surface area contributed by atoms with Crippen molar-refractivity contribution < 1.29 is 4.79 Å². The van der Waals surface area contributed by atoms with Crippen LogP contribution in [0.4, 0.5) is 0 Å². The Labute approximate surface area is 99.6 Å². The summed E-state index contributed by atoms with van der Waals surface area (Å²) in [5.41, 5.74) is 5.72. The first-order chi connectivity index (χ1) is 7.56. The summed E-state index contributed by atoms with van der Waals surface area (Å²) in [5.74, 6) is -0.0646. The van der Waals surface area contributed by atoms with Gasteiger partial charge in [0.25, 0.3) is 0 Å². The van der Waals surface area contributed by atoms with Crippen LogP contribution < -0.4 is 11.1 Å². The Balaban J connectivity index is 3.76. The van der Waals surface area contributed by atoms with Crippen LogP contribution in [-0.4, -0.2) is 43.5 Å². The second kappa shape index (κ2) is 8.53. The summed E-state index contributed by atoms with van der Waals surface area (Å²) in [6.45, 7) is 5.43. The van der Waals surface area contributed by atoms with E-state index < -0.39 is 0 Å². The zero-order valence-corrected chi connectivity index (χ0v) is 11.1. The maximum Gasteiger partial charge on any atom is 0.236 e. The number of likely N-dealkylation sites (N-methyl/N-ethyl adjacent to an activating group) is 1. The van der Waals surface area contributed by atoms with Crippen molar-refractivity contribution >= 4 is 5.91 Å². The van der Waals surface area contributed by atoms with E-state index in [1.807, 2.05) is 0 Å². The lowest BCUT2D eigenvalue weighted by Gasteiger charge is -2.26. The number of nitrogens with two attached hydrogens (primary N) is 1. The summed E-state index contributed by atoms with van der Waals surface area (Å²) >= 11 is 0. The van der Waals surface area contributed by atoms with Gasteiger partial charge in [0.05, 0.1) is 6.04 Å². The number of rotatable bonds is 8. The molecule has 1 amide bonds. The summed E-state index contributed by atoms with van der Waals surface area (Å²) in [5, 5.41) is 2.57. The first-order valence-electron chi connectivity index (χ1n) is 6.24. The molecule has 0 spiro atoms. The zero-order valence-electron chi connectivity index (χ0n) is 11.1. The standard InChI is InChI=1S/C12H27N3O/c1-5-10(6-2)15(4)9-7-8-11(13)12(16)14-3/h10-11H,5-9,13H2,1-4H3,(H,14,16). The predicted octanol–water partition coefficient (Wildman–Crippen LogP) is 0.960. The van der Waals surface area contributed by atoms with E-state index in [9.17, 15) is 4.79 Å². The Morgan fingerprint density at radius 2 is 1.94 bits per heavy atom. The third-order valence-electron chi connectivity index (χ3n) is 3.17. The van der Waals surface area contributed by atoms with Crippen LogP contribution in [0.25, 0.3) is 0 Å². The summed E-state index contributed by atoms with van der Waals surface area (Å²) in [6.07, 6.45) is 4.08. The molecule has 1 atom stereocenters. The Morgan fingerprint density at radius 3 is 2.38 bits per heavy atom. The number of carbonyl (C=O) groups is 1. The Kier molecular flexibility index (Phi) is 8.21. The van der Waals surface area contributed by atoms with Crippen molar-refractivity contribution in [1.29, 1.82) is 0 Å². The molecule has 0 aliphatic heterocycles. The van der Waals surface area contributed by atoms with Gasteiger partial charge in [0, 0.05) is 13.1 Å². The minimum atomic E-state index is -0.361. The minimum absolute atomic E-state index is 0.0646. The second-order valence-electron chi connectivity index (χ2n) is 4.31. The van der Waals surface area contributed by atoms with Gasteiger partial charge in [-0.2, -0.15) is 0 Å². The molecule has 1 unspecified atom stereocenters. The number of hydrogen-bond acceptors (Lipinski definition) is 3. The first-order valence-corrected chi connectivity index (χ1v) is 6.24. The molecule has 4 nitrogen and oxygen atoms in total. The highest BCUT2D eigenvalue weighted by atomic mass is 16.2. The van der Waals surface area contributed by atoms with Gasteiger partial charge in [-0.3, -0.25) is 4.79 Å². The number of hydrogen-bond donors (Lipinski definition) is 2. The van der Waals surface area contributed by atoms with Gasteiger partial charge in [-0.1, -0.05) is 13.8 Å². The average molecular weight is 229 g/mol. The van der Waals surface area contributed by atoms with E-state index in [4.69, 9.17) is 5.73 Å². The third kappa shape index (κ3) is 5.47. The molecule has 3 N–H and O–H groups in total. The fraction of sp³-hybridized carbons (Fsp3) is 0.917. The topological polar surface area (TPSA) is 58.4 Å². The Hall–Kier alpha value is -0.610. The smallest absolute Gasteiger partial charge is 0.236 e. The van der Waals surface area contributed by atoms with Crippen LogP contribution >= 0.6 is 0 Å². The molecule has 0 fully saturated rings. The molecular formula is C12H27N3O. The summed E-state index contributed by atoms with van der Waals surface area (Å²) < 4.78 is 0. The van der Waals surface area contributed by atoms with E-state index in [1.165, 1.54) is 12.8 Å². The van der Waals surface area contributed by atoms with E-state index in [0.29, 0.717) is 6.04 Å². The molecule has 96 valence electrons. The van der Waals surface area contributed by atoms with Crippen LogP contribution in [0.2, 0.25) is 0 Å². The lowest BCUT2D eigenvalue weighted by molar-refractivity contribution is -0.122. The Bertz CT molecular complexity index is 193. The van der Waals surface area contributed by atoms with Crippen molar-refractivity contribution in [3.05, 3.63) is 0 Å². The molecule has 0 aromatic carbocycles. The molecule has 0 aliphatic carbocycles. The van der Waals surface area contributed by atoms with Crippen LogP contribution in [0.15, 0.2) is 0 Å². The van der Waals surface area contributed by atoms with Gasteiger partial charge < -0.3 is 16.0 Å². The molecule has 0 bridgehead atoms. The minimum Gasteiger partial charge on any atom is -0.358 e. The quantitative estimate of drug-likeness (QED) is 0.652. The highest BCUT2D eigenvalue weighted by molar-refractivity contribution is 5.81. The SMILES string of the molecule is CCC(CC)N(C)CCCC(N)C(=O)NC. The largest absolute Gasteiger partial charge is 0.358 e. The van der Waals surface area contributed by atoms with Gasteiger partial charge in [0.15, 0.2) is 0 Å². The first kappa shape index (κ1) is 15.4. The van der Waals surface area contributed by atoms with E-state index in [0.717, 1.165) is 19.4 Å². The van der Waals surface area contributed by atoms with Crippen molar-refractivity contribution in [3.63, 3.8) is 0 Å². The van der Waals surface area contributed by atoms with Gasteiger partial charge in [0.2, 0.25) is 5.91 Å². The summed E-state index contributed by atoms with van der Waals surface area (Å²) in [6, 6.07) is 0.288. The molecule has 16 heavy (non-hydrogen) atoms. The molecule has 0 heterocycles. The van der Waals surface area contributed by atoms with E-state index in [2.05, 4.69) is 31.1 Å². The third-order valence-corrected chi connectivity index (χ3v) is 3.17. The van der Waals surface area contributed by atoms with Crippen LogP contribution in [0.1, 0.15) is 39.5 Å². The molecule has 0 radical (unpaired) electrons. The molecular weight excluding hydrogens is 202 g/mol. The molecule has 0 aromatic heterocycles. The van der Waals surface area contributed by atoms with Crippen LogP contribution in [0.3, 0.4) is 0 Å². The highest BCUT2D eigenvalue weighted by Gasteiger charge is 2.13. The summed E-state index contributed by atoms with van der Waals surface area (Å²) in [7, 11) is 3.77. The van der Waals surface area contributed by atoms with Gasteiger partial charge in [-0.25, -0.2) is 0 Å². The average Bonchev–Trinajstić information content (AvgIpc) is 2.29. The van der Waals surface area contributed by atoms with Crippen molar-refractivity contribution in [2.24, 2.45) is 5.73 Å². The predicted molar refractivity (Wildman–Crippen MR) is 68.3 cm³/mol. The van der Waals surface area contributed by atoms with E-state index in [1.54, 1.807) is 7.05 Å². The molecule has 4 heteroatoms. The maximum atomic E-state index is 11.2. The van der Waals surface area contributed by atoms with Crippen molar-refractivity contribution in [2.75, 3.05) is 20.6 Å². The fourth-order valence-corrected chi connectivity index (χ4v) is 1.97. The van der Waals surface area contributed by atoms with Crippen LogP contribution in [0, 0.1) is 0 Å². The monoisotopic (exact) mass is 229 g/mol. The fourth-order valence-electron chi connectivity index (χ4n) is 1.97. The lowest BCUT2D eigenvalue weighted by atomic mass is 10.1. The molecule has 0 saturated carbocycles. The lowest BCUT2D eigenvalue weighted by Crippen LogP contribution is -2.39. The molecule has 0 saturated heterocycles. The highest BCUT2D eigenvalue weighted by Crippen LogP contribution is 2.07. The van der Waals surface area contributed by atoms with Gasteiger partial charge in [-0.15, -0.1) is 0 Å². The van der Waals surface area contributed by atoms with Crippen molar-refractivity contribution in [2.45, 2.75) is 51.6 Å². The summed E-state index contributed by atoms with van der Waals surface area (Å²) in [4.78, 5) is 13.5. The van der Waals surface area contributed by atoms with Crippen molar-refractivity contribution in [1.82, 2.24) is 10.2 Å². The van der Waals surface area contributed by atoms with Crippen LogP contribution in [0.5, 0.6) is 0 Å². The normalized spacial score (nSPS) is 13.2. The van der Waals surface area contributed by atoms with E-state index in [-0.39, 0.29) is 11.9 Å². The Morgan fingerprint density at radius 1 is 1.38 bits per heavy atom. The van der Waals surface area contributed by atoms with Crippen molar-refractivity contribution in [3.8, 4) is 0 Å². The number of amides is 1. The number of nitrogens with zero attached hydrogens (tertiary/aromatic N) is 1. The number of carbonyl (C=O) groups excluding carboxylic acids is 1. The second-order valence-corrected chi connectivity index (χ2v) is 4.31. The maximum absolute atomic E-state index is 11.2. The van der Waals surface area contributed by atoms with Crippen LogP contribution in [-0.2, 0) is 4.79 Å².